The monoisotopic (exact) mass is 180 g/mol. The van der Waals surface area contributed by atoms with Gasteiger partial charge in [-0.05, 0) is 19.9 Å². The zero-order valence-electron chi connectivity index (χ0n) is 7.69. The molecule has 0 atom stereocenters. The molecule has 1 rings (SSSR count). The van der Waals surface area contributed by atoms with Crippen LogP contribution in [0.15, 0.2) is 12.3 Å². The maximum atomic E-state index is 10.2. The van der Waals surface area contributed by atoms with E-state index in [1.54, 1.807) is 10.8 Å². The van der Waals surface area contributed by atoms with Crippen LogP contribution in [-0.2, 0) is 11.3 Å². The van der Waals surface area contributed by atoms with Crippen LogP contribution in [0.4, 0.5) is 0 Å². The summed E-state index contributed by atoms with van der Waals surface area (Å²) in [6.07, 6.45) is 4.50. The van der Waals surface area contributed by atoms with E-state index in [0.29, 0.717) is 0 Å². The van der Waals surface area contributed by atoms with Crippen molar-refractivity contribution in [3.05, 3.63) is 23.5 Å². The predicted molar refractivity (Wildman–Crippen MR) is 49.3 cm³/mol. The fourth-order valence-corrected chi connectivity index (χ4v) is 1.02. The van der Waals surface area contributed by atoms with Crippen molar-refractivity contribution in [3.63, 3.8) is 0 Å². The minimum Gasteiger partial charge on any atom is -0.478 e. The third kappa shape index (κ3) is 2.43. The normalized spacial score (nSPS) is 10.9. The van der Waals surface area contributed by atoms with E-state index in [4.69, 9.17) is 5.11 Å². The van der Waals surface area contributed by atoms with Crippen molar-refractivity contribution < 1.29 is 9.90 Å². The Morgan fingerprint density at radius 1 is 1.77 bits per heavy atom. The molecule has 1 heterocycles. The number of nitrogens with zero attached hydrogens (tertiary/aromatic N) is 2. The first-order valence-corrected chi connectivity index (χ1v) is 4.08. The third-order valence-corrected chi connectivity index (χ3v) is 1.71. The lowest BCUT2D eigenvalue weighted by molar-refractivity contribution is -0.131. The second-order valence-corrected chi connectivity index (χ2v) is 2.70. The van der Waals surface area contributed by atoms with Crippen molar-refractivity contribution in [1.82, 2.24) is 9.78 Å². The largest absolute Gasteiger partial charge is 0.478 e. The molecule has 0 radical (unpaired) electrons. The SMILES string of the molecule is CCn1cc(C=CC(=O)O)c(C)n1. The Morgan fingerprint density at radius 3 is 2.92 bits per heavy atom. The molecule has 1 N–H and O–H groups in total. The molecule has 4 nitrogen and oxygen atoms in total. The van der Waals surface area contributed by atoms with E-state index in [0.717, 1.165) is 23.9 Å². The molecule has 13 heavy (non-hydrogen) atoms. The highest BCUT2D eigenvalue weighted by Crippen LogP contribution is 2.07. The van der Waals surface area contributed by atoms with Crippen LogP contribution in [0.1, 0.15) is 18.2 Å². The first-order chi connectivity index (χ1) is 6.13. The van der Waals surface area contributed by atoms with Gasteiger partial charge in [0, 0.05) is 24.4 Å². The molecule has 0 aliphatic carbocycles. The lowest BCUT2D eigenvalue weighted by Crippen LogP contribution is -1.93. The van der Waals surface area contributed by atoms with Crippen molar-refractivity contribution in [3.8, 4) is 0 Å². The Morgan fingerprint density at radius 2 is 2.46 bits per heavy atom. The van der Waals surface area contributed by atoms with E-state index in [2.05, 4.69) is 5.10 Å². The molecule has 0 saturated heterocycles. The van der Waals surface area contributed by atoms with Gasteiger partial charge in [-0.1, -0.05) is 0 Å². The van der Waals surface area contributed by atoms with E-state index in [1.807, 2.05) is 20.0 Å². The van der Waals surface area contributed by atoms with Crippen LogP contribution in [0.2, 0.25) is 0 Å². The summed E-state index contributed by atoms with van der Waals surface area (Å²) < 4.78 is 1.77. The maximum Gasteiger partial charge on any atom is 0.328 e. The van der Waals surface area contributed by atoms with Gasteiger partial charge in [-0.15, -0.1) is 0 Å². The van der Waals surface area contributed by atoms with Crippen LogP contribution in [0.25, 0.3) is 6.08 Å². The van der Waals surface area contributed by atoms with Gasteiger partial charge >= 0.3 is 5.97 Å². The van der Waals surface area contributed by atoms with Gasteiger partial charge in [-0.2, -0.15) is 5.10 Å². The predicted octanol–water partition coefficient (Wildman–Crippen LogP) is 1.31. The van der Waals surface area contributed by atoms with Crippen LogP contribution in [0, 0.1) is 6.92 Å². The number of carboxylic acids is 1. The van der Waals surface area contributed by atoms with Gasteiger partial charge in [0.25, 0.3) is 0 Å². The molecule has 70 valence electrons. The van der Waals surface area contributed by atoms with Crippen molar-refractivity contribution in [1.29, 1.82) is 0 Å². The molecule has 0 unspecified atom stereocenters. The molecule has 4 heteroatoms. The third-order valence-electron chi connectivity index (χ3n) is 1.71. The Hall–Kier alpha value is -1.58. The van der Waals surface area contributed by atoms with Crippen LogP contribution in [0.3, 0.4) is 0 Å². The molecule has 0 aromatic carbocycles. The number of aromatic nitrogens is 2. The second-order valence-electron chi connectivity index (χ2n) is 2.70. The molecule has 0 aliphatic heterocycles. The van der Waals surface area contributed by atoms with Crippen LogP contribution >= 0.6 is 0 Å². The average Bonchev–Trinajstić information content (AvgIpc) is 2.43. The smallest absolute Gasteiger partial charge is 0.328 e. The zero-order chi connectivity index (χ0) is 9.84. The molecule has 0 bridgehead atoms. The summed E-state index contributed by atoms with van der Waals surface area (Å²) in [6, 6.07) is 0. The molecule has 0 fully saturated rings. The summed E-state index contributed by atoms with van der Waals surface area (Å²) in [5, 5.41) is 12.6. The van der Waals surface area contributed by atoms with E-state index in [1.165, 1.54) is 0 Å². The summed E-state index contributed by atoms with van der Waals surface area (Å²) in [5.74, 6) is -0.941. The quantitative estimate of drug-likeness (QED) is 0.713. The van der Waals surface area contributed by atoms with Crippen molar-refractivity contribution in [2.45, 2.75) is 20.4 Å². The minimum atomic E-state index is -0.941. The van der Waals surface area contributed by atoms with Gasteiger partial charge in [0.2, 0.25) is 0 Å². The Labute approximate surface area is 76.5 Å². The van der Waals surface area contributed by atoms with E-state index in [-0.39, 0.29) is 0 Å². The fraction of sp³-hybridized carbons (Fsp3) is 0.333. The summed E-state index contributed by atoms with van der Waals surface area (Å²) in [5.41, 5.74) is 1.70. The molecular formula is C9H12N2O2. The Bertz CT molecular complexity index is 339. The van der Waals surface area contributed by atoms with Gasteiger partial charge < -0.3 is 5.11 Å². The highest BCUT2D eigenvalue weighted by atomic mass is 16.4. The summed E-state index contributed by atoms with van der Waals surface area (Å²) >= 11 is 0. The molecule has 0 spiro atoms. The van der Waals surface area contributed by atoms with Crippen LogP contribution in [-0.4, -0.2) is 20.9 Å². The van der Waals surface area contributed by atoms with E-state index >= 15 is 0 Å². The summed E-state index contributed by atoms with van der Waals surface area (Å²) in [6.45, 7) is 4.63. The molecular weight excluding hydrogens is 168 g/mol. The first kappa shape index (κ1) is 9.51. The van der Waals surface area contributed by atoms with Gasteiger partial charge in [0.05, 0.1) is 5.69 Å². The highest BCUT2D eigenvalue weighted by Gasteiger charge is 2.00. The standard InChI is InChI=1S/C9H12N2O2/c1-3-11-6-8(7(2)10-11)4-5-9(12)13/h4-6H,3H2,1-2H3,(H,12,13). The maximum absolute atomic E-state index is 10.2. The van der Waals surface area contributed by atoms with E-state index < -0.39 is 5.97 Å². The van der Waals surface area contributed by atoms with Crippen molar-refractivity contribution >= 4 is 12.0 Å². The lowest BCUT2D eigenvalue weighted by atomic mass is 10.2. The van der Waals surface area contributed by atoms with Crippen LogP contribution in [0.5, 0.6) is 0 Å². The number of rotatable bonds is 3. The van der Waals surface area contributed by atoms with Gasteiger partial charge in [-0.25, -0.2) is 4.79 Å². The van der Waals surface area contributed by atoms with Gasteiger partial charge in [-0.3, -0.25) is 4.68 Å². The van der Waals surface area contributed by atoms with Gasteiger partial charge in [0.15, 0.2) is 0 Å². The first-order valence-electron chi connectivity index (χ1n) is 4.08. The zero-order valence-corrected chi connectivity index (χ0v) is 7.69. The van der Waals surface area contributed by atoms with Gasteiger partial charge in [0.1, 0.15) is 0 Å². The summed E-state index contributed by atoms with van der Waals surface area (Å²) in [4.78, 5) is 10.2. The topological polar surface area (TPSA) is 55.1 Å². The highest BCUT2D eigenvalue weighted by molar-refractivity contribution is 5.85. The molecule has 0 saturated carbocycles. The molecule has 0 amide bonds. The number of aryl methyl sites for hydroxylation is 2. The lowest BCUT2D eigenvalue weighted by Gasteiger charge is -1.89. The fourth-order valence-electron chi connectivity index (χ4n) is 1.02. The van der Waals surface area contributed by atoms with Crippen molar-refractivity contribution in [2.75, 3.05) is 0 Å². The number of aliphatic carboxylic acids is 1. The average molecular weight is 180 g/mol. The minimum absolute atomic E-state index is 0.793. The Balaban J connectivity index is 2.88. The van der Waals surface area contributed by atoms with Crippen LogP contribution < -0.4 is 0 Å². The number of carbonyl (C=O) groups is 1. The van der Waals surface area contributed by atoms with Crippen molar-refractivity contribution in [2.24, 2.45) is 0 Å². The number of hydrogen-bond acceptors (Lipinski definition) is 2. The molecule has 0 aliphatic rings. The Kier molecular flexibility index (Phi) is 2.84. The summed E-state index contributed by atoms with van der Waals surface area (Å²) in [7, 11) is 0. The molecule has 1 aromatic rings. The van der Waals surface area contributed by atoms with E-state index in [9.17, 15) is 4.79 Å². The number of carboxylic acid groups (broad SMARTS) is 1. The molecule has 1 aromatic heterocycles. The second kappa shape index (κ2) is 3.89. The number of hydrogen-bond donors (Lipinski definition) is 1.